The Balaban J connectivity index is 2.82. The van der Waals surface area contributed by atoms with E-state index >= 15 is 0 Å². The minimum atomic E-state index is -3.87. The van der Waals surface area contributed by atoms with E-state index in [0.717, 1.165) is 0 Å². The van der Waals surface area contributed by atoms with Crippen LogP contribution in [0.4, 0.5) is 0 Å². The number of sulfonamides is 1. The van der Waals surface area contributed by atoms with Gasteiger partial charge in [-0.2, -0.15) is 0 Å². The molecular weight excluding hydrogens is 240 g/mol. The van der Waals surface area contributed by atoms with Gasteiger partial charge in [0.2, 0.25) is 0 Å². The molecule has 0 fully saturated rings. The molecular formula is C11H12N2O3S. The molecule has 1 amide bonds. The summed E-state index contributed by atoms with van der Waals surface area (Å²) < 4.78 is 25.3. The van der Waals surface area contributed by atoms with Crippen molar-refractivity contribution in [3.63, 3.8) is 0 Å². The van der Waals surface area contributed by atoms with Crippen molar-refractivity contribution in [3.8, 4) is 12.3 Å². The molecule has 0 aliphatic carbocycles. The molecule has 1 unspecified atom stereocenters. The molecule has 0 radical (unpaired) electrons. The van der Waals surface area contributed by atoms with E-state index in [1.165, 1.54) is 12.1 Å². The van der Waals surface area contributed by atoms with Gasteiger partial charge in [-0.1, -0.05) is 18.2 Å². The largest absolute Gasteiger partial charge is 0.319 e. The molecule has 0 bridgehead atoms. The van der Waals surface area contributed by atoms with Gasteiger partial charge in [0, 0.05) is 6.42 Å². The lowest BCUT2D eigenvalue weighted by atomic mass is 10.2. The average molecular weight is 252 g/mol. The van der Waals surface area contributed by atoms with Crippen molar-refractivity contribution in [2.24, 2.45) is 5.73 Å². The summed E-state index contributed by atoms with van der Waals surface area (Å²) in [4.78, 5) is 11.4. The molecule has 1 atom stereocenters. The van der Waals surface area contributed by atoms with Gasteiger partial charge in [0.15, 0.2) is 0 Å². The second kappa shape index (κ2) is 5.48. The fourth-order valence-electron chi connectivity index (χ4n) is 1.09. The quantitative estimate of drug-likeness (QED) is 0.729. The van der Waals surface area contributed by atoms with E-state index in [4.69, 9.17) is 12.2 Å². The maximum atomic E-state index is 11.7. The Hall–Kier alpha value is -1.84. The number of rotatable bonds is 4. The van der Waals surface area contributed by atoms with E-state index in [-0.39, 0.29) is 11.3 Å². The van der Waals surface area contributed by atoms with Crippen LogP contribution in [0.3, 0.4) is 0 Å². The van der Waals surface area contributed by atoms with Gasteiger partial charge in [0.25, 0.3) is 15.9 Å². The fourth-order valence-corrected chi connectivity index (χ4v) is 2.14. The molecule has 1 rings (SSSR count). The fraction of sp³-hybridized carbons (Fsp3) is 0.182. The van der Waals surface area contributed by atoms with Crippen LogP contribution < -0.4 is 10.5 Å². The molecule has 0 saturated carbocycles. The summed E-state index contributed by atoms with van der Waals surface area (Å²) in [7, 11) is -3.87. The average Bonchev–Trinajstić information content (AvgIpc) is 2.30. The highest BCUT2D eigenvalue weighted by Gasteiger charge is 2.20. The molecule has 3 N–H and O–H groups in total. The van der Waals surface area contributed by atoms with Gasteiger partial charge in [0.05, 0.1) is 10.9 Å². The summed E-state index contributed by atoms with van der Waals surface area (Å²) in [6.45, 7) is 0. The summed E-state index contributed by atoms with van der Waals surface area (Å²) in [6.07, 6.45) is 4.96. The van der Waals surface area contributed by atoms with Crippen LogP contribution in [-0.4, -0.2) is 20.4 Å². The van der Waals surface area contributed by atoms with Crippen molar-refractivity contribution >= 4 is 15.9 Å². The number of nitrogens with one attached hydrogen (secondary N) is 1. The second-order valence-electron chi connectivity index (χ2n) is 3.30. The smallest absolute Gasteiger partial charge is 0.264 e. The van der Waals surface area contributed by atoms with E-state index in [1.807, 2.05) is 4.72 Å². The van der Waals surface area contributed by atoms with Crippen molar-refractivity contribution in [2.45, 2.75) is 17.4 Å². The number of carbonyl (C=O) groups excluding carboxylic acids is 1. The third-order valence-corrected chi connectivity index (χ3v) is 3.33. The summed E-state index contributed by atoms with van der Waals surface area (Å²) in [5.41, 5.74) is 5.39. The molecule has 0 heterocycles. The number of nitrogens with two attached hydrogens (primary N) is 1. The molecule has 5 nitrogen and oxygen atoms in total. The van der Waals surface area contributed by atoms with Crippen molar-refractivity contribution in [1.82, 2.24) is 4.72 Å². The predicted molar refractivity (Wildman–Crippen MR) is 63.2 cm³/mol. The zero-order valence-electron chi connectivity index (χ0n) is 8.96. The van der Waals surface area contributed by atoms with Crippen molar-refractivity contribution < 1.29 is 13.2 Å². The summed E-state index contributed by atoms with van der Waals surface area (Å²) in [6, 6.07) is 6.51. The van der Waals surface area contributed by atoms with E-state index in [9.17, 15) is 13.2 Å². The molecule has 1 aromatic rings. The van der Waals surface area contributed by atoms with Gasteiger partial charge in [0.1, 0.15) is 0 Å². The lowest BCUT2D eigenvalue weighted by Crippen LogP contribution is -2.43. The van der Waals surface area contributed by atoms with Gasteiger partial charge >= 0.3 is 0 Å². The van der Waals surface area contributed by atoms with Crippen LogP contribution >= 0.6 is 0 Å². The molecule has 0 aliphatic rings. The Morgan fingerprint density at radius 3 is 2.53 bits per heavy atom. The highest BCUT2D eigenvalue weighted by Crippen LogP contribution is 2.07. The first-order chi connectivity index (χ1) is 7.97. The monoisotopic (exact) mass is 252 g/mol. The molecule has 17 heavy (non-hydrogen) atoms. The molecule has 0 spiro atoms. The molecule has 1 aromatic carbocycles. The highest BCUT2D eigenvalue weighted by molar-refractivity contribution is 7.90. The van der Waals surface area contributed by atoms with Crippen LogP contribution in [-0.2, 0) is 14.8 Å². The van der Waals surface area contributed by atoms with E-state index in [0.29, 0.717) is 0 Å². The van der Waals surface area contributed by atoms with E-state index < -0.39 is 22.0 Å². The standard InChI is InChI=1S/C11H12N2O3S/c1-2-6-10(12)11(14)13-17(15,16)9-7-4-3-5-8-9/h1,3-5,7-8,10H,6,12H2,(H,13,14). The zero-order chi connectivity index (χ0) is 12.9. The molecule has 90 valence electrons. The third kappa shape index (κ3) is 3.59. The Kier molecular flexibility index (Phi) is 4.26. The number of hydrogen-bond donors (Lipinski definition) is 2. The number of benzene rings is 1. The lowest BCUT2D eigenvalue weighted by Gasteiger charge is -2.10. The summed E-state index contributed by atoms with van der Waals surface area (Å²) in [5.74, 6) is 1.38. The normalized spacial score (nSPS) is 12.5. The van der Waals surface area contributed by atoms with Crippen LogP contribution in [0.2, 0.25) is 0 Å². The Morgan fingerprint density at radius 2 is 2.00 bits per heavy atom. The molecule has 0 aromatic heterocycles. The first-order valence-electron chi connectivity index (χ1n) is 4.78. The van der Waals surface area contributed by atoms with Crippen molar-refractivity contribution in [3.05, 3.63) is 30.3 Å². The predicted octanol–water partition coefficient (Wildman–Crippen LogP) is -0.158. The number of hydrogen-bond acceptors (Lipinski definition) is 4. The molecule has 0 saturated heterocycles. The van der Waals surface area contributed by atoms with Crippen LogP contribution in [0, 0.1) is 12.3 Å². The maximum absolute atomic E-state index is 11.7. The Labute approximate surface area is 100 Å². The van der Waals surface area contributed by atoms with Gasteiger partial charge < -0.3 is 5.73 Å². The minimum Gasteiger partial charge on any atom is -0.319 e. The summed E-state index contributed by atoms with van der Waals surface area (Å²) >= 11 is 0. The second-order valence-corrected chi connectivity index (χ2v) is 4.98. The Bertz CT molecular complexity index is 532. The van der Waals surface area contributed by atoms with Gasteiger partial charge in [-0.25, -0.2) is 13.1 Å². The third-order valence-electron chi connectivity index (χ3n) is 1.96. The van der Waals surface area contributed by atoms with Gasteiger partial charge in [-0.3, -0.25) is 4.79 Å². The topological polar surface area (TPSA) is 89.3 Å². The van der Waals surface area contributed by atoms with Crippen LogP contribution in [0.15, 0.2) is 35.2 Å². The van der Waals surface area contributed by atoms with Crippen LogP contribution in [0.25, 0.3) is 0 Å². The Morgan fingerprint density at radius 1 is 1.41 bits per heavy atom. The molecule has 6 heteroatoms. The SMILES string of the molecule is C#CCC(N)C(=O)NS(=O)(=O)c1ccccc1. The molecule has 0 aliphatic heterocycles. The van der Waals surface area contributed by atoms with Crippen LogP contribution in [0.5, 0.6) is 0 Å². The van der Waals surface area contributed by atoms with Crippen molar-refractivity contribution in [1.29, 1.82) is 0 Å². The van der Waals surface area contributed by atoms with Gasteiger partial charge in [-0.05, 0) is 12.1 Å². The van der Waals surface area contributed by atoms with E-state index in [2.05, 4.69) is 5.92 Å². The first kappa shape index (κ1) is 13.2. The van der Waals surface area contributed by atoms with Crippen LogP contribution in [0.1, 0.15) is 6.42 Å². The van der Waals surface area contributed by atoms with Gasteiger partial charge in [-0.15, -0.1) is 12.3 Å². The zero-order valence-corrected chi connectivity index (χ0v) is 9.78. The van der Waals surface area contributed by atoms with E-state index in [1.54, 1.807) is 18.2 Å². The maximum Gasteiger partial charge on any atom is 0.264 e. The van der Waals surface area contributed by atoms with Crippen molar-refractivity contribution in [2.75, 3.05) is 0 Å². The number of amides is 1. The number of terminal acetylenes is 1. The minimum absolute atomic E-state index is 0.00116. The highest BCUT2D eigenvalue weighted by atomic mass is 32.2. The lowest BCUT2D eigenvalue weighted by molar-refractivity contribution is -0.120. The number of carbonyl (C=O) groups is 1. The first-order valence-corrected chi connectivity index (χ1v) is 6.26. The summed E-state index contributed by atoms with van der Waals surface area (Å²) in [5, 5.41) is 0.